The van der Waals surface area contributed by atoms with Crippen molar-refractivity contribution >= 4 is 11.9 Å². The molecule has 0 atom stereocenters. The van der Waals surface area contributed by atoms with Gasteiger partial charge in [0.05, 0.1) is 13.7 Å². The molecule has 1 amide bonds. The van der Waals surface area contributed by atoms with Crippen LogP contribution in [0.2, 0.25) is 0 Å². The molecule has 27 heavy (non-hydrogen) atoms. The van der Waals surface area contributed by atoms with E-state index in [2.05, 4.69) is 20.2 Å². The van der Waals surface area contributed by atoms with Gasteiger partial charge in [0.2, 0.25) is 5.95 Å². The quantitative estimate of drug-likeness (QED) is 0.755. The number of carbonyl (C=O) groups excluding carboxylic acids is 1. The van der Waals surface area contributed by atoms with Crippen molar-refractivity contribution in [2.24, 2.45) is 0 Å². The molecule has 144 valence electrons. The molecule has 1 aliphatic heterocycles. The van der Waals surface area contributed by atoms with E-state index in [-0.39, 0.29) is 5.91 Å². The van der Waals surface area contributed by atoms with Gasteiger partial charge in [0, 0.05) is 19.3 Å². The van der Waals surface area contributed by atoms with Crippen LogP contribution in [0.15, 0.2) is 36.5 Å². The van der Waals surface area contributed by atoms with Crippen LogP contribution in [0.25, 0.3) is 0 Å². The summed E-state index contributed by atoms with van der Waals surface area (Å²) in [6, 6.07) is 8.97. The second-order valence-corrected chi connectivity index (χ2v) is 6.42. The van der Waals surface area contributed by atoms with Crippen LogP contribution in [0.5, 0.6) is 11.5 Å². The van der Waals surface area contributed by atoms with E-state index in [0.29, 0.717) is 24.8 Å². The number of amides is 1. The minimum Gasteiger partial charge on any atom is -0.497 e. The van der Waals surface area contributed by atoms with Crippen LogP contribution in [0.1, 0.15) is 36.2 Å². The van der Waals surface area contributed by atoms with Crippen LogP contribution in [0, 0.1) is 0 Å². The third kappa shape index (κ3) is 5.57. The number of methoxy groups -OCH3 is 1. The standard InChI is InChI=1S/C20H26N4O3/c1-26-16-6-8-17(9-7-16)27-15-12-21-19(25)18-10-11-22-20(23-18)24-13-4-2-3-5-14-24/h6-11H,2-5,12-15H2,1H3,(H,21,25). The zero-order valence-corrected chi connectivity index (χ0v) is 15.7. The van der Waals surface area contributed by atoms with Gasteiger partial charge >= 0.3 is 0 Å². The lowest BCUT2D eigenvalue weighted by Gasteiger charge is -2.20. The minimum absolute atomic E-state index is 0.216. The predicted molar refractivity (Wildman–Crippen MR) is 104 cm³/mol. The van der Waals surface area contributed by atoms with Crippen molar-refractivity contribution in [1.82, 2.24) is 15.3 Å². The number of benzene rings is 1. The van der Waals surface area contributed by atoms with E-state index in [1.807, 2.05) is 24.3 Å². The van der Waals surface area contributed by atoms with E-state index in [9.17, 15) is 4.79 Å². The van der Waals surface area contributed by atoms with E-state index in [1.54, 1.807) is 19.4 Å². The predicted octanol–water partition coefficient (Wildman–Crippen LogP) is 2.67. The van der Waals surface area contributed by atoms with Gasteiger partial charge in [-0.15, -0.1) is 0 Å². The van der Waals surface area contributed by atoms with Gasteiger partial charge in [0.25, 0.3) is 5.91 Å². The molecule has 3 rings (SSSR count). The highest BCUT2D eigenvalue weighted by Crippen LogP contribution is 2.17. The number of hydrogen-bond acceptors (Lipinski definition) is 6. The molecule has 2 aromatic rings. The molecule has 7 heteroatoms. The van der Waals surface area contributed by atoms with Crippen molar-refractivity contribution < 1.29 is 14.3 Å². The lowest BCUT2D eigenvalue weighted by atomic mass is 10.2. The molecule has 0 aliphatic carbocycles. The summed E-state index contributed by atoms with van der Waals surface area (Å²) < 4.78 is 10.7. The van der Waals surface area contributed by atoms with Crippen LogP contribution in [-0.2, 0) is 0 Å². The van der Waals surface area contributed by atoms with Crippen molar-refractivity contribution in [2.75, 3.05) is 38.3 Å². The second-order valence-electron chi connectivity index (χ2n) is 6.42. The van der Waals surface area contributed by atoms with E-state index in [1.165, 1.54) is 12.8 Å². The Morgan fingerprint density at radius 3 is 2.48 bits per heavy atom. The zero-order valence-electron chi connectivity index (χ0n) is 15.7. The number of hydrogen-bond donors (Lipinski definition) is 1. The summed E-state index contributed by atoms with van der Waals surface area (Å²) in [4.78, 5) is 23.3. The molecule has 7 nitrogen and oxygen atoms in total. The lowest BCUT2D eigenvalue weighted by Crippen LogP contribution is -2.30. The Hall–Kier alpha value is -2.83. The van der Waals surface area contributed by atoms with Crippen molar-refractivity contribution in [1.29, 1.82) is 0 Å². The van der Waals surface area contributed by atoms with Gasteiger partial charge in [0.15, 0.2) is 0 Å². The van der Waals surface area contributed by atoms with E-state index < -0.39 is 0 Å². The average molecular weight is 370 g/mol. The fourth-order valence-electron chi connectivity index (χ4n) is 2.99. The van der Waals surface area contributed by atoms with E-state index in [4.69, 9.17) is 9.47 Å². The molecule has 0 bridgehead atoms. The first-order chi connectivity index (χ1) is 13.3. The summed E-state index contributed by atoms with van der Waals surface area (Å²) in [5.41, 5.74) is 0.383. The molecule has 1 aromatic heterocycles. The maximum absolute atomic E-state index is 12.4. The van der Waals surface area contributed by atoms with Gasteiger partial charge in [-0.25, -0.2) is 9.97 Å². The maximum Gasteiger partial charge on any atom is 0.270 e. The minimum atomic E-state index is -0.216. The molecule has 1 fully saturated rings. The highest BCUT2D eigenvalue weighted by Gasteiger charge is 2.15. The SMILES string of the molecule is COc1ccc(OCCNC(=O)c2ccnc(N3CCCCCC3)n2)cc1. The Bertz CT molecular complexity index is 728. The first-order valence-electron chi connectivity index (χ1n) is 9.39. The summed E-state index contributed by atoms with van der Waals surface area (Å²) in [5, 5.41) is 2.84. The maximum atomic E-state index is 12.4. The third-order valence-electron chi connectivity index (χ3n) is 4.48. The monoisotopic (exact) mass is 370 g/mol. The smallest absolute Gasteiger partial charge is 0.270 e. The summed E-state index contributed by atoms with van der Waals surface area (Å²) in [6.45, 7) is 2.66. The second kappa shape index (κ2) is 9.75. The summed E-state index contributed by atoms with van der Waals surface area (Å²) in [5.74, 6) is 1.93. The number of nitrogens with one attached hydrogen (secondary N) is 1. The molecule has 1 N–H and O–H groups in total. The van der Waals surface area contributed by atoms with Gasteiger partial charge in [-0.1, -0.05) is 12.8 Å². The summed E-state index contributed by atoms with van der Waals surface area (Å²) in [6.07, 6.45) is 6.41. The Kier molecular flexibility index (Phi) is 6.84. The Labute approximate surface area is 159 Å². The molecule has 0 saturated carbocycles. The number of anilines is 1. The average Bonchev–Trinajstić information content (AvgIpc) is 3.01. The molecule has 0 spiro atoms. The van der Waals surface area contributed by atoms with Crippen molar-refractivity contribution in [3.05, 3.63) is 42.2 Å². The molecule has 2 heterocycles. The molecule has 1 aromatic carbocycles. The van der Waals surface area contributed by atoms with E-state index >= 15 is 0 Å². The van der Waals surface area contributed by atoms with Gasteiger partial charge in [-0.3, -0.25) is 4.79 Å². The summed E-state index contributed by atoms with van der Waals surface area (Å²) in [7, 11) is 1.62. The number of rotatable bonds is 7. The van der Waals surface area contributed by atoms with Crippen LogP contribution in [-0.4, -0.2) is 49.2 Å². The highest BCUT2D eigenvalue weighted by atomic mass is 16.5. The highest BCUT2D eigenvalue weighted by molar-refractivity contribution is 5.92. The first-order valence-corrected chi connectivity index (χ1v) is 9.39. The van der Waals surface area contributed by atoms with Crippen LogP contribution in [0.4, 0.5) is 5.95 Å². The third-order valence-corrected chi connectivity index (χ3v) is 4.48. The molecular formula is C20H26N4O3. The van der Waals surface area contributed by atoms with Gasteiger partial charge < -0.3 is 19.7 Å². The van der Waals surface area contributed by atoms with Crippen LogP contribution >= 0.6 is 0 Å². The zero-order chi connectivity index (χ0) is 18.9. The number of ether oxygens (including phenoxy) is 2. The lowest BCUT2D eigenvalue weighted by molar-refractivity contribution is 0.0942. The van der Waals surface area contributed by atoms with Crippen LogP contribution in [0.3, 0.4) is 0 Å². The number of aromatic nitrogens is 2. The first kappa shape index (κ1) is 18.9. The largest absolute Gasteiger partial charge is 0.497 e. The van der Waals surface area contributed by atoms with Gasteiger partial charge in [0.1, 0.15) is 23.8 Å². The molecular weight excluding hydrogens is 344 g/mol. The molecule has 0 radical (unpaired) electrons. The Morgan fingerprint density at radius 2 is 1.78 bits per heavy atom. The van der Waals surface area contributed by atoms with Crippen molar-refractivity contribution in [3.8, 4) is 11.5 Å². The summed E-state index contributed by atoms with van der Waals surface area (Å²) >= 11 is 0. The van der Waals surface area contributed by atoms with Gasteiger partial charge in [-0.2, -0.15) is 0 Å². The van der Waals surface area contributed by atoms with Crippen molar-refractivity contribution in [3.63, 3.8) is 0 Å². The molecule has 1 saturated heterocycles. The van der Waals surface area contributed by atoms with Crippen molar-refractivity contribution in [2.45, 2.75) is 25.7 Å². The number of nitrogens with zero attached hydrogens (tertiary/aromatic N) is 3. The van der Waals surface area contributed by atoms with Crippen LogP contribution < -0.4 is 19.7 Å². The molecule has 1 aliphatic rings. The molecule has 0 unspecified atom stereocenters. The number of carbonyl (C=O) groups is 1. The van der Waals surface area contributed by atoms with Gasteiger partial charge in [-0.05, 0) is 43.2 Å². The normalized spacial score (nSPS) is 14.3. The fourth-order valence-corrected chi connectivity index (χ4v) is 2.99. The topological polar surface area (TPSA) is 76.6 Å². The Morgan fingerprint density at radius 1 is 1.07 bits per heavy atom. The van der Waals surface area contributed by atoms with E-state index in [0.717, 1.165) is 37.4 Å². The Balaban J connectivity index is 1.48. The fraction of sp³-hybridized carbons (Fsp3) is 0.450.